The molecule has 0 aliphatic carbocycles. The maximum absolute atomic E-state index is 12.9. The molecular formula is C13H18F3NO. The normalized spacial score (nSPS) is 11.9. The summed E-state index contributed by atoms with van der Waals surface area (Å²) in [5.74, 6) is 0.0618. The molecule has 18 heavy (non-hydrogen) atoms. The highest BCUT2D eigenvalue weighted by molar-refractivity contribution is 5.39. The van der Waals surface area contributed by atoms with Gasteiger partial charge < -0.3 is 10.5 Å². The maximum Gasteiger partial charge on any atom is 0.419 e. The molecule has 0 spiro atoms. The van der Waals surface area contributed by atoms with Crippen molar-refractivity contribution < 1.29 is 17.9 Å². The van der Waals surface area contributed by atoms with Gasteiger partial charge in [0.05, 0.1) is 12.2 Å². The zero-order valence-electron chi connectivity index (χ0n) is 10.6. The fourth-order valence-corrected chi connectivity index (χ4v) is 1.50. The van der Waals surface area contributed by atoms with Gasteiger partial charge in [-0.15, -0.1) is 0 Å². The van der Waals surface area contributed by atoms with Crippen LogP contribution in [0.25, 0.3) is 0 Å². The van der Waals surface area contributed by atoms with E-state index in [2.05, 4.69) is 0 Å². The lowest BCUT2D eigenvalue weighted by Crippen LogP contribution is -2.13. The van der Waals surface area contributed by atoms with Crippen molar-refractivity contribution in [3.8, 4) is 5.75 Å². The molecule has 0 aliphatic rings. The number of hydrogen-bond acceptors (Lipinski definition) is 2. The number of ether oxygens (including phenoxy) is 1. The van der Waals surface area contributed by atoms with E-state index < -0.39 is 11.7 Å². The minimum absolute atomic E-state index is 0.114. The summed E-state index contributed by atoms with van der Waals surface area (Å²) in [6, 6.07) is 4.11. The van der Waals surface area contributed by atoms with E-state index in [4.69, 9.17) is 10.5 Å². The van der Waals surface area contributed by atoms with Gasteiger partial charge in [-0.1, -0.05) is 19.9 Å². The Bertz CT molecular complexity index is 388. The third-order valence-electron chi connectivity index (χ3n) is 2.35. The van der Waals surface area contributed by atoms with Gasteiger partial charge in [0.1, 0.15) is 5.75 Å². The van der Waals surface area contributed by atoms with Crippen molar-refractivity contribution in [3.05, 3.63) is 29.3 Å². The number of rotatable bonds is 5. The largest absolute Gasteiger partial charge is 0.493 e. The average molecular weight is 261 g/mol. The van der Waals surface area contributed by atoms with E-state index in [9.17, 15) is 13.2 Å². The molecule has 0 saturated heterocycles. The van der Waals surface area contributed by atoms with Crippen LogP contribution in [0.5, 0.6) is 5.75 Å². The number of benzene rings is 1. The third kappa shape index (κ3) is 4.22. The topological polar surface area (TPSA) is 35.2 Å². The lowest BCUT2D eigenvalue weighted by Gasteiger charge is -2.16. The highest BCUT2D eigenvalue weighted by atomic mass is 19.4. The monoisotopic (exact) mass is 261 g/mol. The molecular weight excluding hydrogens is 243 g/mol. The molecule has 0 aromatic heterocycles. The van der Waals surface area contributed by atoms with Crippen molar-refractivity contribution in [3.63, 3.8) is 0 Å². The number of halogens is 3. The lowest BCUT2D eigenvalue weighted by molar-refractivity contribution is -0.139. The summed E-state index contributed by atoms with van der Waals surface area (Å²) in [6.45, 7) is 4.36. The summed E-state index contributed by atoms with van der Waals surface area (Å²) in [5.41, 5.74) is 5.19. The van der Waals surface area contributed by atoms with Crippen molar-refractivity contribution >= 4 is 0 Å². The molecule has 0 amide bonds. The number of nitrogens with two attached hydrogens (primary N) is 1. The molecule has 0 radical (unpaired) electrons. The first-order valence-electron chi connectivity index (χ1n) is 5.87. The van der Waals surface area contributed by atoms with Crippen LogP contribution in [0.15, 0.2) is 18.2 Å². The highest BCUT2D eigenvalue weighted by Crippen LogP contribution is 2.37. The molecule has 102 valence electrons. The Labute approximate surface area is 105 Å². The Morgan fingerprint density at radius 1 is 1.28 bits per heavy atom. The smallest absolute Gasteiger partial charge is 0.419 e. The molecule has 1 aromatic carbocycles. The molecule has 2 N–H and O–H groups in total. The van der Waals surface area contributed by atoms with Crippen LogP contribution in [-0.4, -0.2) is 13.2 Å². The Morgan fingerprint density at radius 3 is 2.44 bits per heavy atom. The third-order valence-corrected chi connectivity index (χ3v) is 2.35. The minimum Gasteiger partial charge on any atom is -0.493 e. The highest BCUT2D eigenvalue weighted by Gasteiger charge is 2.34. The van der Waals surface area contributed by atoms with Crippen LogP contribution in [0.3, 0.4) is 0 Å². The lowest BCUT2D eigenvalue weighted by atomic mass is 10.1. The van der Waals surface area contributed by atoms with Crippen molar-refractivity contribution in [2.75, 3.05) is 13.2 Å². The van der Waals surface area contributed by atoms with Gasteiger partial charge >= 0.3 is 6.18 Å². The number of alkyl halides is 3. The van der Waals surface area contributed by atoms with Gasteiger partial charge in [0, 0.05) is 0 Å². The van der Waals surface area contributed by atoms with Crippen molar-refractivity contribution in [1.29, 1.82) is 0 Å². The predicted molar refractivity (Wildman–Crippen MR) is 64.5 cm³/mol. The van der Waals surface area contributed by atoms with E-state index in [1.54, 1.807) is 6.07 Å². The van der Waals surface area contributed by atoms with Crippen LogP contribution >= 0.6 is 0 Å². The van der Waals surface area contributed by atoms with Gasteiger partial charge in [-0.2, -0.15) is 13.2 Å². The SMILES string of the molecule is CC(C)COc1ccc(CCN)cc1C(F)(F)F. The second kappa shape index (κ2) is 6.09. The van der Waals surface area contributed by atoms with Gasteiger partial charge in [-0.3, -0.25) is 0 Å². The molecule has 0 fully saturated rings. The standard InChI is InChI=1S/C13H18F3NO/c1-9(2)8-18-12-4-3-10(5-6-17)7-11(12)13(14,15)16/h3-4,7,9H,5-6,8,17H2,1-2H3. The molecule has 0 aliphatic heterocycles. The fourth-order valence-electron chi connectivity index (χ4n) is 1.50. The van der Waals surface area contributed by atoms with Crippen LogP contribution < -0.4 is 10.5 Å². The van der Waals surface area contributed by atoms with Crippen molar-refractivity contribution in [2.45, 2.75) is 26.4 Å². The predicted octanol–water partition coefficient (Wildman–Crippen LogP) is 3.24. The first kappa shape index (κ1) is 14.8. The van der Waals surface area contributed by atoms with Gasteiger partial charge in [-0.05, 0) is 36.6 Å². The second-order valence-electron chi connectivity index (χ2n) is 4.57. The van der Waals surface area contributed by atoms with Crippen LogP contribution in [0.4, 0.5) is 13.2 Å². The molecule has 2 nitrogen and oxygen atoms in total. The summed E-state index contributed by atoms with van der Waals surface area (Å²) in [6.07, 6.45) is -3.98. The zero-order valence-corrected chi connectivity index (χ0v) is 10.6. The molecule has 0 unspecified atom stereocenters. The Morgan fingerprint density at radius 2 is 1.94 bits per heavy atom. The van der Waals surface area contributed by atoms with Gasteiger partial charge in [0.25, 0.3) is 0 Å². The molecule has 1 rings (SSSR count). The molecule has 5 heteroatoms. The van der Waals surface area contributed by atoms with Crippen LogP contribution in [0.2, 0.25) is 0 Å². The van der Waals surface area contributed by atoms with Gasteiger partial charge in [0.2, 0.25) is 0 Å². The quantitative estimate of drug-likeness (QED) is 0.883. The van der Waals surface area contributed by atoms with E-state index in [0.717, 1.165) is 6.07 Å². The Balaban J connectivity index is 3.01. The van der Waals surface area contributed by atoms with E-state index in [1.807, 2.05) is 13.8 Å². The van der Waals surface area contributed by atoms with Crippen molar-refractivity contribution in [1.82, 2.24) is 0 Å². The molecule has 0 bridgehead atoms. The molecule has 0 heterocycles. The second-order valence-corrected chi connectivity index (χ2v) is 4.57. The van der Waals surface area contributed by atoms with Crippen molar-refractivity contribution in [2.24, 2.45) is 11.7 Å². The Hall–Kier alpha value is -1.23. The first-order chi connectivity index (χ1) is 8.34. The first-order valence-corrected chi connectivity index (χ1v) is 5.87. The number of hydrogen-bond donors (Lipinski definition) is 1. The zero-order chi connectivity index (χ0) is 13.8. The van der Waals surface area contributed by atoms with E-state index >= 15 is 0 Å². The molecule has 0 atom stereocenters. The van der Waals surface area contributed by atoms with Crippen LogP contribution in [-0.2, 0) is 12.6 Å². The van der Waals surface area contributed by atoms with E-state index in [1.165, 1.54) is 6.07 Å². The van der Waals surface area contributed by atoms with Crippen LogP contribution in [0, 0.1) is 5.92 Å². The molecule has 1 aromatic rings. The molecule has 0 saturated carbocycles. The summed E-state index contributed by atoms with van der Waals surface area (Å²) in [7, 11) is 0. The van der Waals surface area contributed by atoms with Crippen LogP contribution in [0.1, 0.15) is 25.0 Å². The fraction of sp³-hybridized carbons (Fsp3) is 0.538. The average Bonchev–Trinajstić information content (AvgIpc) is 2.26. The van der Waals surface area contributed by atoms with E-state index in [-0.39, 0.29) is 18.3 Å². The van der Waals surface area contributed by atoms with E-state index in [0.29, 0.717) is 18.5 Å². The summed E-state index contributed by atoms with van der Waals surface area (Å²) in [4.78, 5) is 0. The maximum atomic E-state index is 12.9. The summed E-state index contributed by atoms with van der Waals surface area (Å²) < 4.78 is 43.9. The summed E-state index contributed by atoms with van der Waals surface area (Å²) >= 11 is 0. The minimum atomic E-state index is -4.41. The van der Waals surface area contributed by atoms with Gasteiger partial charge in [0.15, 0.2) is 0 Å². The Kier molecular flexibility index (Phi) is 5.02. The van der Waals surface area contributed by atoms with Gasteiger partial charge in [-0.25, -0.2) is 0 Å². The summed E-state index contributed by atoms with van der Waals surface area (Å²) in [5, 5.41) is 0.